The number of ketones is 1. The summed E-state index contributed by atoms with van der Waals surface area (Å²) in [5.41, 5.74) is 1.96. The van der Waals surface area contributed by atoms with Gasteiger partial charge in [0.25, 0.3) is 0 Å². The van der Waals surface area contributed by atoms with Crippen LogP contribution in [0.4, 0.5) is 0 Å². The summed E-state index contributed by atoms with van der Waals surface area (Å²) in [6.45, 7) is 6.79. The highest BCUT2D eigenvalue weighted by Crippen LogP contribution is 2.38. The maximum absolute atomic E-state index is 13.1. The fourth-order valence-electron chi connectivity index (χ4n) is 4.15. The molecular weight excluding hydrogens is 400 g/mol. The summed E-state index contributed by atoms with van der Waals surface area (Å²) in [7, 11) is 0. The molecule has 7 heteroatoms. The van der Waals surface area contributed by atoms with Crippen LogP contribution in [0, 0.1) is 6.92 Å². The second kappa shape index (κ2) is 9.12. The molecule has 2 aliphatic rings. The largest absolute Gasteiger partial charge is 0.868 e. The van der Waals surface area contributed by atoms with Crippen molar-refractivity contribution in [1.29, 1.82) is 0 Å². The standard InChI is InChI=1S/C23H26N2O4S/c1-16-5-7-17(8-6-16)20-19(21(26)18-4-2-15-30-18)22(27)23(28)25(20)10-3-9-24-11-13-29-14-12-24/h2,4-8,15,20,27H,3,9-14H2,1H3. The molecule has 30 heavy (non-hydrogen) atoms. The van der Waals surface area contributed by atoms with Gasteiger partial charge < -0.3 is 19.6 Å². The Kier molecular flexibility index (Phi) is 6.32. The molecule has 1 atom stereocenters. The van der Waals surface area contributed by atoms with Gasteiger partial charge >= 0.3 is 0 Å². The van der Waals surface area contributed by atoms with E-state index in [-0.39, 0.29) is 11.4 Å². The van der Waals surface area contributed by atoms with Crippen LogP contribution in [0.25, 0.3) is 0 Å². The zero-order valence-corrected chi connectivity index (χ0v) is 17.9. The molecule has 0 spiro atoms. The van der Waals surface area contributed by atoms with Gasteiger partial charge in [0.1, 0.15) is 13.1 Å². The van der Waals surface area contributed by atoms with Gasteiger partial charge in [-0.1, -0.05) is 35.9 Å². The van der Waals surface area contributed by atoms with Gasteiger partial charge in [-0.15, -0.1) is 11.3 Å². The van der Waals surface area contributed by atoms with Crippen molar-refractivity contribution in [3.05, 3.63) is 69.1 Å². The Hall–Kier alpha value is -2.48. The van der Waals surface area contributed by atoms with E-state index < -0.39 is 17.7 Å². The Bertz CT molecular complexity index is 931. The third kappa shape index (κ3) is 4.19. The number of quaternary nitrogens is 1. The quantitative estimate of drug-likeness (QED) is 0.663. The van der Waals surface area contributed by atoms with Gasteiger partial charge in [0, 0.05) is 18.5 Å². The molecule has 0 saturated carbocycles. The van der Waals surface area contributed by atoms with Crippen LogP contribution < -0.4 is 10.0 Å². The first-order chi connectivity index (χ1) is 14.6. The summed E-state index contributed by atoms with van der Waals surface area (Å²) in [5, 5.41) is 14.7. The molecule has 158 valence electrons. The summed E-state index contributed by atoms with van der Waals surface area (Å²) >= 11 is 1.29. The van der Waals surface area contributed by atoms with Gasteiger partial charge in [-0.2, -0.15) is 0 Å². The van der Waals surface area contributed by atoms with Crippen molar-refractivity contribution in [1.82, 2.24) is 4.90 Å². The molecule has 1 fully saturated rings. The molecular formula is C23H26N2O4S. The minimum Gasteiger partial charge on any atom is -0.868 e. The zero-order chi connectivity index (χ0) is 21.1. The van der Waals surface area contributed by atoms with Crippen molar-refractivity contribution in [3.8, 4) is 0 Å². The first kappa shape index (κ1) is 20.8. The summed E-state index contributed by atoms with van der Waals surface area (Å²) in [6.07, 6.45) is 0.775. The fraction of sp³-hybridized carbons (Fsp3) is 0.391. The monoisotopic (exact) mass is 426 g/mol. The predicted molar refractivity (Wildman–Crippen MR) is 112 cm³/mol. The molecule has 1 amide bonds. The smallest absolute Gasteiger partial charge is 0.239 e. The number of hydrogen-bond donors (Lipinski definition) is 1. The second-order valence-corrected chi connectivity index (χ2v) is 8.77. The van der Waals surface area contributed by atoms with E-state index in [1.165, 1.54) is 16.2 Å². The molecule has 6 nitrogen and oxygen atoms in total. The van der Waals surface area contributed by atoms with Crippen LogP contribution in [-0.2, 0) is 9.53 Å². The number of hydrogen-bond acceptors (Lipinski definition) is 5. The molecule has 1 aromatic heterocycles. The van der Waals surface area contributed by atoms with E-state index in [4.69, 9.17) is 4.74 Å². The van der Waals surface area contributed by atoms with E-state index in [1.54, 1.807) is 22.4 Å². The number of thiophene rings is 1. The topological polar surface area (TPSA) is 74.1 Å². The highest BCUT2D eigenvalue weighted by atomic mass is 32.1. The summed E-state index contributed by atoms with van der Waals surface area (Å²) in [4.78, 5) is 29.6. The summed E-state index contributed by atoms with van der Waals surface area (Å²) in [5.74, 6) is -1.58. The van der Waals surface area contributed by atoms with Gasteiger partial charge in [0.05, 0.1) is 30.7 Å². The number of Topliss-reactive ketones (excluding diaryl/α,β-unsaturated/α-hetero) is 1. The molecule has 1 aromatic carbocycles. The van der Waals surface area contributed by atoms with Gasteiger partial charge in [0.15, 0.2) is 0 Å². The molecule has 0 aliphatic carbocycles. The summed E-state index contributed by atoms with van der Waals surface area (Å²) < 4.78 is 5.40. The predicted octanol–water partition coefficient (Wildman–Crippen LogP) is 0.742. The Morgan fingerprint density at radius 1 is 1.23 bits per heavy atom. The van der Waals surface area contributed by atoms with Crippen molar-refractivity contribution in [2.24, 2.45) is 0 Å². The van der Waals surface area contributed by atoms with Gasteiger partial charge in [-0.05, 0) is 29.7 Å². The van der Waals surface area contributed by atoms with E-state index in [0.717, 1.165) is 50.4 Å². The van der Waals surface area contributed by atoms with Crippen LogP contribution in [0.15, 0.2) is 53.1 Å². The second-order valence-electron chi connectivity index (χ2n) is 7.83. The number of nitrogens with zero attached hydrogens (tertiary/aromatic N) is 1. The highest BCUT2D eigenvalue weighted by molar-refractivity contribution is 7.12. The van der Waals surface area contributed by atoms with Crippen LogP contribution in [-0.4, -0.2) is 56.0 Å². The van der Waals surface area contributed by atoms with Crippen molar-refractivity contribution in [2.75, 3.05) is 39.4 Å². The molecule has 1 unspecified atom stereocenters. The number of aryl methyl sites for hydroxylation is 1. The van der Waals surface area contributed by atoms with Crippen LogP contribution in [0.1, 0.15) is 33.3 Å². The maximum Gasteiger partial charge on any atom is 0.239 e. The number of morpholine rings is 1. The lowest BCUT2D eigenvalue weighted by Crippen LogP contribution is -3.14. The van der Waals surface area contributed by atoms with Crippen LogP contribution >= 0.6 is 11.3 Å². The first-order valence-electron chi connectivity index (χ1n) is 10.3. The van der Waals surface area contributed by atoms with Crippen LogP contribution in [0.3, 0.4) is 0 Å². The average Bonchev–Trinajstić information content (AvgIpc) is 3.38. The number of benzene rings is 1. The van der Waals surface area contributed by atoms with Crippen LogP contribution in [0.2, 0.25) is 0 Å². The van der Waals surface area contributed by atoms with E-state index in [2.05, 4.69) is 0 Å². The minimum absolute atomic E-state index is 0.0741. The molecule has 1 saturated heterocycles. The number of rotatable bonds is 7. The molecule has 0 bridgehead atoms. The molecule has 2 aromatic rings. The minimum atomic E-state index is -0.669. The van der Waals surface area contributed by atoms with Crippen molar-refractivity contribution in [3.63, 3.8) is 0 Å². The molecule has 4 rings (SSSR count). The zero-order valence-electron chi connectivity index (χ0n) is 17.1. The maximum atomic E-state index is 13.1. The SMILES string of the molecule is Cc1ccc(C2C(C(=O)c3cccs3)=C([O-])C(=O)N2CCC[NH+]2CCOCC2)cc1. The molecule has 0 radical (unpaired) electrons. The molecule has 2 aliphatic heterocycles. The lowest BCUT2D eigenvalue weighted by Gasteiger charge is -2.29. The van der Waals surface area contributed by atoms with E-state index in [0.29, 0.717) is 11.4 Å². The molecule has 3 heterocycles. The van der Waals surface area contributed by atoms with E-state index in [9.17, 15) is 14.7 Å². The van der Waals surface area contributed by atoms with E-state index in [1.807, 2.05) is 31.2 Å². The third-order valence-corrected chi connectivity index (χ3v) is 6.67. The van der Waals surface area contributed by atoms with E-state index >= 15 is 0 Å². The van der Waals surface area contributed by atoms with Crippen molar-refractivity contribution in [2.45, 2.75) is 19.4 Å². The number of ether oxygens (including phenoxy) is 1. The van der Waals surface area contributed by atoms with Crippen molar-refractivity contribution >= 4 is 23.0 Å². The highest BCUT2D eigenvalue weighted by Gasteiger charge is 2.39. The lowest BCUT2D eigenvalue weighted by molar-refractivity contribution is -0.908. The van der Waals surface area contributed by atoms with Gasteiger partial charge in [-0.3, -0.25) is 9.59 Å². The number of carbonyl (C=O) groups excluding carboxylic acids is 2. The Labute approximate surface area is 180 Å². The fourth-order valence-corrected chi connectivity index (χ4v) is 4.82. The molecule has 1 N–H and O–H groups in total. The normalized spacial score (nSPS) is 20.2. The lowest BCUT2D eigenvalue weighted by atomic mass is 9.94. The van der Waals surface area contributed by atoms with Crippen molar-refractivity contribution < 1.29 is 24.3 Å². The number of carbonyl (C=O) groups is 2. The summed E-state index contributed by atoms with van der Waals surface area (Å²) in [6, 6.07) is 10.6. The third-order valence-electron chi connectivity index (χ3n) is 5.80. The van der Waals surface area contributed by atoms with Gasteiger partial charge in [0.2, 0.25) is 11.7 Å². The Morgan fingerprint density at radius 3 is 2.63 bits per heavy atom. The van der Waals surface area contributed by atoms with Crippen LogP contribution in [0.5, 0.6) is 0 Å². The first-order valence-corrected chi connectivity index (χ1v) is 11.2. The van der Waals surface area contributed by atoms with Gasteiger partial charge in [-0.25, -0.2) is 0 Å². The Morgan fingerprint density at radius 2 is 1.97 bits per heavy atom. The Balaban J connectivity index is 1.59. The number of nitrogens with one attached hydrogen (secondary N) is 1. The number of amides is 1. The average molecular weight is 427 g/mol.